The third-order valence-corrected chi connectivity index (χ3v) is 3.60. The molecule has 0 aliphatic carbocycles. The first kappa shape index (κ1) is 15.7. The van der Waals surface area contributed by atoms with E-state index in [1.807, 2.05) is 35.0 Å². The highest BCUT2D eigenvalue weighted by Crippen LogP contribution is 2.27. The van der Waals surface area contributed by atoms with Gasteiger partial charge in [-0.25, -0.2) is 4.98 Å². The minimum Gasteiger partial charge on any atom is -0.375 e. The largest absolute Gasteiger partial charge is 0.375 e. The summed E-state index contributed by atoms with van der Waals surface area (Å²) in [6.07, 6.45) is 5.36. The Kier molecular flexibility index (Phi) is 4.51. The summed E-state index contributed by atoms with van der Waals surface area (Å²) in [4.78, 5) is 14.2. The first-order valence-corrected chi connectivity index (χ1v) is 7.34. The fraction of sp³-hybridized carbons (Fsp3) is 0.118. The Morgan fingerprint density at radius 2 is 1.92 bits per heavy atom. The second-order valence-electron chi connectivity index (χ2n) is 5.30. The maximum absolute atomic E-state index is 13.6. The van der Waals surface area contributed by atoms with E-state index in [0.717, 1.165) is 23.7 Å². The number of benzene rings is 2. The third-order valence-electron chi connectivity index (χ3n) is 3.60. The van der Waals surface area contributed by atoms with E-state index in [2.05, 4.69) is 10.3 Å². The number of anilines is 1. The topological polar surface area (TPSA) is 73.0 Å². The predicted octanol–water partition coefficient (Wildman–Crippen LogP) is 3.59. The normalized spacial score (nSPS) is 10.5. The number of nitrogens with one attached hydrogen (secondary N) is 1. The number of halogens is 1. The molecule has 0 spiro atoms. The molecule has 3 rings (SSSR count). The fourth-order valence-electron chi connectivity index (χ4n) is 2.39. The molecule has 0 atom stereocenters. The van der Waals surface area contributed by atoms with Crippen LogP contribution < -0.4 is 5.32 Å². The molecule has 1 aromatic heterocycles. The summed E-state index contributed by atoms with van der Waals surface area (Å²) in [6, 6.07) is 11.9. The van der Waals surface area contributed by atoms with Crippen LogP contribution in [0.4, 0.5) is 15.8 Å². The van der Waals surface area contributed by atoms with Gasteiger partial charge in [0, 0.05) is 25.5 Å². The Morgan fingerprint density at radius 1 is 1.17 bits per heavy atom. The van der Waals surface area contributed by atoms with Crippen molar-refractivity contribution in [1.29, 1.82) is 0 Å². The maximum Gasteiger partial charge on any atom is 0.327 e. The van der Waals surface area contributed by atoms with Crippen molar-refractivity contribution in [2.75, 3.05) is 5.32 Å². The number of imidazole rings is 1. The highest BCUT2D eigenvalue weighted by molar-refractivity contribution is 5.62. The highest BCUT2D eigenvalue weighted by atomic mass is 19.1. The zero-order valence-corrected chi connectivity index (χ0v) is 12.7. The average molecular weight is 326 g/mol. The van der Waals surface area contributed by atoms with Crippen molar-refractivity contribution in [1.82, 2.24) is 9.55 Å². The van der Waals surface area contributed by atoms with Gasteiger partial charge in [-0.05, 0) is 23.3 Å². The van der Waals surface area contributed by atoms with E-state index in [9.17, 15) is 14.5 Å². The lowest BCUT2D eigenvalue weighted by Gasteiger charge is -2.09. The lowest BCUT2D eigenvalue weighted by atomic mass is 10.1. The van der Waals surface area contributed by atoms with Gasteiger partial charge in [0.1, 0.15) is 5.69 Å². The van der Waals surface area contributed by atoms with Crippen LogP contribution in [0.25, 0.3) is 0 Å². The first-order chi connectivity index (χ1) is 11.6. The van der Waals surface area contributed by atoms with E-state index in [1.54, 1.807) is 12.5 Å². The van der Waals surface area contributed by atoms with Crippen LogP contribution in [0.1, 0.15) is 11.1 Å². The standard InChI is InChI=1S/C17H15FN4O2/c18-15-2-1-3-16(17(15)22(23)24)20-10-13-4-6-14(7-5-13)11-21-9-8-19-12-21/h1-9,12,20H,10-11H2. The molecule has 2 aromatic carbocycles. The van der Waals surface area contributed by atoms with Crippen LogP contribution in [0.15, 0.2) is 61.2 Å². The van der Waals surface area contributed by atoms with E-state index in [1.165, 1.54) is 12.1 Å². The quantitative estimate of drug-likeness (QED) is 0.555. The van der Waals surface area contributed by atoms with E-state index in [4.69, 9.17) is 0 Å². The van der Waals surface area contributed by atoms with E-state index >= 15 is 0 Å². The number of rotatable bonds is 6. The Labute approximate surface area is 137 Å². The Balaban J connectivity index is 1.67. The number of para-hydroxylation sites is 1. The molecule has 0 bridgehead atoms. The number of nitro groups is 1. The molecular weight excluding hydrogens is 311 g/mol. The zero-order valence-electron chi connectivity index (χ0n) is 12.7. The summed E-state index contributed by atoms with van der Waals surface area (Å²) in [5.74, 6) is -0.847. The number of hydrogen-bond donors (Lipinski definition) is 1. The summed E-state index contributed by atoms with van der Waals surface area (Å²) in [6.45, 7) is 1.10. The van der Waals surface area contributed by atoms with Crippen molar-refractivity contribution in [3.05, 3.63) is 88.2 Å². The maximum atomic E-state index is 13.6. The van der Waals surface area contributed by atoms with Crippen LogP contribution in [0.3, 0.4) is 0 Å². The predicted molar refractivity (Wildman–Crippen MR) is 88.2 cm³/mol. The van der Waals surface area contributed by atoms with Gasteiger partial charge in [-0.2, -0.15) is 4.39 Å². The SMILES string of the molecule is O=[N+]([O-])c1c(F)cccc1NCc1ccc(Cn2ccnc2)cc1. The van der Waals surface area contributed by atoms with Crippen molar-refractivity contribution in [3.8, 4) is 0 Å². The number of nitro benzene ring substituents is 1. The molecule has 0 saturated heterocycles. The van der Waals surface area contributed by atoms with E-state index < -0.39 is 16.4 Å². The molecule has 0 aliphatic heterocycles. The third kappa shape index (κ3) is 3.57. The summed E-state index contributed by atoms with van der Waals surface area (Å²) in [7, 11) is 0. The summed E-state index contributed by atoms with van der Waals surface area (Å²) in [5, 5.41) is 13.9. The van der Waals surface area contributed by atoms with E-state index in [-0.39, 0.29) is 5.69 Å². The Morgan fingerprint density at radius 3 is 2.58 bits per heavy atom. The second-order valence-corrected chi connectivity index (χ2v) is 5.30. The van der Waals surface area contributed by atoms with Gasteiger partial charge < -0.3 is 9.88 Å². The molecule has 0 radical (unpaired) electrons. The van der Waals surface area contributed by atoms with Gasteiger partial charge in [0.15, 0.2) is 0 Å². The van der Waals surface area contributed by atoms with Gasteiger partial charge in [0.25, 0.3) is 0 Å². The number of aromatic nitrogens is 2. The zero-order chi connectivity index (χ0) is 16.9. The molecular formula is C17H15FN4O2. The molecule has 3 aromatic rings. The van der Waals surface area contributed by atoms with Crippen molar-refractivity contribution < 1.29 is 9.31 Å². The molecule has 0 unspecified atom stereocenters. The van der Waals surface area contributed by atoms with E-state index in [0.29, 0.717) is 6.54 Å². The Hall–Kier alpha value is -3.22. The molecule has 122 valence electrons. The van der Waals surface area contributed by atoms with Gasteiger partial charge in [-0.3, -0.25) is 10.1 Å². The molecule has 0 aliphatic rings. The lowest BCUT2D eigenvalue weighted by molar-refractivity contribution is -0.386. The second kappa shape index (κ2) is 6.91. The molecule has 0 fully saturated rings. The molecule has 0 amide bonds. The minimum atomic E-state index is -0.847. The van der Waals surface area contributed by atoms with Crippen molar-refractivity contribution in [3.63, 3.8) is 0 Å². The monoisotopic (exact) mass is 326 g/mol. The van der Waals surface area contributed by atoms with Gasteiger partial charge >= 0.3 is 5.69 Å². The van der Waals surface area contributed by atoms with Crippen LogP contribution in [0, 0.1) is 15.9 Å². The average Bonchev–Trinajstić information content (AvgIpc) is 3.07. The summed E-state index contributed by atoms with van der Waals surface area (Å²) < 4.78 is 15.5. The van der Waals surface area contributed by atoms with Crippen molar-refractivity contribution in [2.45, 2.75) is 13.1 Å². The molecule has 24 heavy (non-hydrogen) atoms. The molecule has 6 nitrogen and oxygen atoms in total. The Bertz CT molecular complexity index is 832. The van der Waals surface area contributed by atoms with Gasteiger partial charge in [0.2, 0.25) is 5.82 Å². The van der Waals surface area contributed by atoms with Gasteiger partial charge in [-0.1, -0.05) is 30.3 Å². The van der Waals surface area contributed by atoms with Crippen LogP contribution in [-0.4, -0.2) is 14.5 Å². The van der Waals surface area contributed by atoms with Crippen molar-refractivity contribution in [2.24, 2.45) is 0 Å². The van der Waals surface area contributed by atoms with Crippen LogP contribution in [0.2, 0.25) is 0 Å². The summed E-state index contributed by atoms with van der Waals surface area (Å²) >= 11 is 0. The van der Waals surface area contributed by atoms with Crippen LogP contribution >= 0.6 is 0 Å². The first-order valence-electron chi connectivity index (χ1n) is 7.34. The molecule has 0 saturated carbocycles. The van der Waals surface area contributed by atoms with Crippen molar-refractivity contribution >= 4 is 11.4 Å². The smallest absolute Gasteiger partial charge is 0.327 e. The van der Waals surface area contributed by atoms with Gasteiger partial charge in [-0.15, -0.1) is 0 Å². The molecule has 1 N–H and O–H groups in total. The summed E-state index contributed by atoms with van der Waals surface area (Å²) in [5.41, 5.74) is 1.70. The molecule has 1 heterocycles. The highest BCUT2D eigenvalue weighted by Gasteiger charge is 2.19. The van der Waals surface area contributed by atoms with Crippen LogP contribution in [0.5, 0.6) is 0 Å². The molecule has 7 heteroatoms. The fourth-order valence-corrected chi connectivity index (χ4v) is 2.39. The van der Waals surface area contributed by atoms with Gasteiger partial charge in [0.05, 0.1) is 11.3 Å². The lowest BCUT2D eigenvalue weighted by Crippen LogP contribution is -2.04. The minimum absolute atomic E-state index is 0.169. The van der Waals surface area contributed by atoms with Crippen LogP contribution in [-0.2, 0) is 13.1 Å². The number of nitrogens with zero attached hydrogens (tertiary/aromatic N) is 3. The number of hydrogen-bond acceptors (Lipinski definition) is 4.